The van der Waals surface area contributed by atoms with Gasteiger partial charge in [0.1, 0.15) is 5.60 Å². The molecule has 1 aliphatic carbocycles. The summed E-state index contributed by atoms with van der Waals surface area (Å²) < 4.78 is 18.9. The number of fused-ring (bicyclic) bond motifs is 1. The fraction of sp³-hybridized carbons (Fsp3) is 0.667. The van der Waals surface area contributed by atoms with Gasteiger partial charge in [0.2, 0.25) is 0 Å². The van der Waals surface area contributed by atoms with E-state index in [1.54, 1.807) is 12.0 Å². The molecule has 4 rings (SSSR count). The van der Waals surface area contributed by atoms with Gasteiger partial charge in [0.05, 0.1) is 30.4 Å². The first-order valence-corrected chi connectivity index (χ1v) is 12.9. The number of methoxy groups -OCH3 is 1. The van der Waals surface area contributed by atoms with Gasteiger partial charge in [-0.15, -0.1) is 0 Å². The molecule has 1 unspecified atom stereocenters. The van der Waals surface area contributed by atoms with E-state index in [9.17, 15) is 9.59 Å². The molecule has 3 heterocycles. The monoisotopic (exact) mass is 500 g/mol. The molecule has 36 heavy (non-hydrogen) atoms. The number of rotatable bonds is 8. The maximum atomic E-state index is 13.7. The molecule has 2 aromatic heterocycles. The predicted molar refractivity (Wildman–Crippen MR) is 137 cm³/mol. The van der Waals surface area contributed by atoms with Crippen molar-refractivity contribution < 1.29 is 23.8 Å². The molecule has 2 amide bonds. The summed E-state index contributed by atoms with van der Waals surface area (Å²) in [5.41, 5.74) is 2.57. The summed E-state index contributed by atoms with van der Waals surface area (Å²) in [7, 11) is 1.72. The normalized spacial score (nSPS) is 19.4. The molecule has 198 valence electrons. The van der Waals surface area contributed by atoms with Crippen LogP contribution in [0.2, 0.25) is 0 Å². The van der Waals surface area contributed by atoms with E-state index >= 15 is 0 Å². The molecule has 0 aromatic carbocycles. The minimum Gasteiger partial charge on any atom is -0.444 e. The first kappa shape index (κ1) is 26.4. The lowest BCUT2D eigenvalue weighted by Crippen LogP contribution is -2.54. The third-order valence-electron chi connectivity index (χ3n) is 6.77. The highest BCUT2D eigenvalue weighted by Gasteiger charge is 2.42. The third kappa shape index (κ3) is 6.00. The number of nitrogens with zero attached hydrogens (tertiary/aromatic N) is 4. The van der Waals surface area contributed by atoms with E-state index < -0.39 is 17.8 Å². The molecular formula is C27H40N4O5. The van der Waals surface area contributed by atoms with Crippen LogP contribution >= 0.6 is 0 Å². The van der Waals surface area contributed by atoms with Gasteiger partial charge < -0.3 is 28.6 Å². The number of amides is 2. The smallest absolute Gasteiger partial charge is 0.410 e. The second kappa shape index (κ2) is 10.8. The molecule has 1 saturated carbocycles. The average Bonchev–Trinajstić information content (AvgIpc) is 3.62. The minimum absolute atomic E-state index is 0.0909. The van der Waals surface area contributed by atoms with Crippen molar-refractivity contribution in [3.8, 4) is 0 Å². The molecule has 9 nitrogen and oxygen atoms in total. The Morgan fingerprint density at radius 1 is 1.31 bits per heavy atom. The van der Waals surface area contributed by atoms with E-state index in [4.69, 9.17) is 19.2 Å². The van der Waals surface area contributed by atoms with Crippen molar-refractivity contribution in [3.05, 3.63) is 29.7 Å². The van der Waals surface area contributed by atoms with Gasteiger partial charge in [-0.3, -0.25) is 9.78 Å². The Bertz CT molecular complexity index is 1090. The van der Waals surface area contributed by atoms with E-state index in [0.717, 1.165) is 42.4 Å². The van der Waals surface area contributed by atoms with E-state index in [1.807, 2.05) is 38.8 Å². The first-order valence-electron chi connectivity index (χ1n) is 12.9. The van der Waals surface area contributed by atoms with Crippen molar-refractivity contribution in [1.29, 1.82) is 0 Å². The molecule has 1 aliphatic heterocycles. The summed E-state index contributed by atoms with van der Waals surface area (Å²) in [6.45, 7) is 12.1. The van der Waals surface area contributed by atoms with Gasteiger partial charge in [0.25, 0.3) is 5.91 Å². The number of carbonyl (C=O) groups is 2. The van der Waals surface area contributed by atoms with Crippen LogP contribution in [0.3, 0.4) is 0 Å². The van der Waals surface area contributed by atoms with Gasteiger partial charge in [-0.1, -0.05) is 0 Å². The van der Waals surface area contributed by atoms with Gasteiger partial charge in [-0.25, -0.2) is 4.79 Å². The van der Waals surface area contributed by atoms with Crippen LogP contribution in [-0.4, -0.2) is 82.5 Å². The molecule has 0 bridgehead atoms. The second-order valence-corrected chi connectivity index (χ2v) is 10.9. The van der Waals surface area contributed by atoms with E-state index in [0.29, 0.717) is 19.8 Å². The number of aryl methyl sites for hydroxylation is 2. The SMILES string of the molecule is COCCCn1cc(C)c2cnc(C(C)N(C(=O)[C@H]3CN(C(=O)OC(C)(C)C)CCO3)C3CC3)cc21. The van der Waals surface area contributed by atoms with Crippen LogP contribution < -0.4 is 0 Å². The van der Waals surface area contributed by atoms with Crippen LogP contribution in [0, 0.1) is 6.92 Å². The van der Waals surface area contributed by atoms with E-state index in [1.165, 1.54) is 5.56 Å². The highest BCUT2D eigenvalue weighted by Crippen LogP contribution is 2.36. The molecule has 0 radical (unpaired) electrons. The molecule has 9 heteroatoms. The molecule has 2 aromatic rings. The Labute approximate surface area is 213 Å². The fourth-order valence-corrected chi connectivity index (χ4v) is 4.81. The highest BCUT2D eigenvalue weighted by atomic mass is 16.6. The number of carbonyl (C=O) groups excluding carboxylic acids is 2. The number of aromatic nitrogens is 2. The summed E-state index contributed by atoms with van der Waals surface area (Å²) in [6.07, 6.45) is 5.80. The zero-order chi connectivity index (χ0) is 26.0. The Morgan fingerprint density at radius 2 is 2.06 bits per heavy atom. The van der Waals surface area contributed by atoms with E-state index in [-0.39, 0.29) is 24.5 Å². The highest BCUT2D eigenvalue weighted by molar-refractivity contribution is 5.85. The number of ether oxygens (including phenoxy) is 3. The van der Waals surface area contributed by atoms with Crippen LogP contribution in [-0.2, 0) is 25.5 Å². The number of morpholine rings is 1. The van der Waals surface area contributed by atoms with Crippen LogP contribution in [0.25, 0.3) is 10.9 Å². The molecule has 1 saturated heterocycles. The molecule has 2 fully saturated rings. The molecule has 0 N–H and O–H groups in total. The van der Waals surface area contributed by atoms with Crippen molar-refractivity contribution in [2.24, 2.45) is 0 Å². The van der Waals surface area contributed by atoms with Crippen molar-refractivity contribution in [2.45, 2.75) is 84.2 Å². The van der Waals surface area contributed by atoms with Crippen molar-refractivity contribution in [1.82, 2.24) is 19.4 Å². The van der Waals surface area contributed by atoms with Crippen LogP contribution in [0.1, 0.15) is 64.3 Å². The van der Waals surface area contributed by atoms with Crippen molar-refractivity contribution >= 4 is 22.9 Å². The lowest BCUT2D eigenvalue weighted by atomic mass is 10.1. The van der Waals surface area contributed by atoms with E-state index in [2.05, 4.69) is 23.8 Å². The van der Waals surface area contributed by atoms with Crippen LogP contribution in [0.15, 0.2) is 18.5 Å². The van der Waals surface area contributed by atoms with Crippen LogP contribution in [0.5, 0.6) is 0 Å². The zero-order valence-corrected chi connectivity index (χ0v) is 22.5. The lowest BCUT2D eigenvalue weighted by molar-refractivity contribution is -0.152. The fourth-order valence-electron chi connectivity index (χ4n) is 4.81. The summed E-state index contributed by atoms with van der Waals surface area (Å²) in [6, 6.07) is 2.07. The maximum Gasteiger partial charge on any atom is 0.410 e. The average molecular weight is 501 g/mol. The van der Waals surface area contributed by atoms with Crippen LogP contribution in [0.4, 0.5) is 4.79 Å². The number of hydrogen-bond acceptors (Lipinski definition) is 6. The Kier molecular flexibility index (Phi) is 7.90. The largest absolute Gasteiger partial charge is 0.444 e. The molecule has 2 aliphatic rings. The third-order valence-corrected chi connectivity index (χ3v) is 6.77. The Morgan fingerprint density at radius 3 is 2.72 bits per heavy atom. The molecule has 2 atom stereocenters. The standard InChI is InChI=1S/C27H40N4O5/c1-18-16-29(10-7-12-34-6)23-14-22(28-15-21(18)23)19(2)31(20-8-9-20)25(32)24-17-30(11-13-35-24)26(33)36-27(3,4)5/h14-16,19-20,24H,7-13,17H2,1-6H3/t19?,24-/m1/s1. The summed E-state index contributed by atoms with van der Waals surface area (Å²) in [4.78, 5) is 34.6. The molecular weight excluding hydrogens is 460 g/mol. The van der Waals surface area contributed by atoms with Gasteiger partial charge >= 0.3 is 6.09 Å². The Balaban J connectivity index is 1.53. The topological polar surface area (TPSA) is 86.1 Å². The summed E-state index contributed by atoms with van der Waals surface area (Å²) in [5.74, 6) is -0.0909. The minimum atomic E-state index is -0.710. The van der Waals surface area contributed by atoms with Gasteiger partial charge in [0, 0.05) is 50.6 Å². The summed E-state index contributed by atoms with van der Waals surface area (Å²) >= 11 is 0. The molecule has 0 spiro atoms. The number of hydrogen-bond donors (Lipinski definition) is 0. The zero-order valence-electron chi connectivity index (χ0n) is 22.5. The lowest BCUT2D eigenvalue weighted by Gasteiger charge is -2.37. The number of pyridine rings is 1. The van der Waals surface area contributed by atoms with Crippen molar-refractivity contribution in [2.75, 3.05) is 33.4 Å². The summed E-state index contributed by atoms with van der Waals surface area (Å²) in [5, 5.41) is 1.12. The second-order valence-electron chi connectivity index (χ2n) is 10.9. The van der Waals surface area contributed by atoms with Gasteiger partial charge in [-0.05, 0) is 65.5 Å². The first-order chi connectivity index (χ1) is 17.1. The van der Waals surface area contributed by atoms with Gasteiger partial charge in [0.15, 0.2) is 6.10 Å². The van der Waals surface area contributed by atoms with Gasteiger partial charge in [-0.2, -0.15) is 0 Å². The maximum absolute atomic E-state index is 13.7. The Hall–Kier alpha value is -2.65. The predicted octanol–water partition coefficient (Wildman–Crippen LogP) is 4.07. The quantitative estimate of drug-likeness (QED) is 0.508. The van der Waals surface area contributed by atoms with Crippen molar-refractivity contribution in [3.63, 3.8) is 0 Å².